The molecule has 0 atom stereocenters. The summed E-state index contributed by atoms with van der Waals surface area (Å²) in [7, 11) is 0. The molecule has 1 aromatic heterocycles. The van der Waals surface area contributed by atoms with Gasteiger partial charge in [-0.15, -0.1) is 6.58 Å². The Bertz CT molecular complexity index is 278. The summed E-state index contributed by atoms with van der Waals surface area (Å²) in [5.41, 5.74) is 9.30. The standard InChI is InChI=1S/C6H8N2O.CH3NO2/c1-2-3-6-8-5(7)4-9-6;2-1(3)4/h2,4H,1,3,7H2;2H2,(H,3,4). The van der Waals surface area contributed by atoms with Crippen molar-refractivity contribution in [1.82, 2.24) is 4.98 Å². The number of carboxylic acid groups (broad SMARTS) is 1. The summed E-state index contributed by atoms with van der Waals surface area (Å²) in [5, 5.41) is 7.19. The predicted octanol–water partition coefficient (Wildman–Crippen LogP) is 0.608. The molecule has 0 bridgehead atoms. The lowest BCUT2D eigenvalue weighted by Crippen LogP contribution is -2.03. The molecule has 0 saturated heterocycles. The molecule has 1 amide bonds. The van der Waals surface area contributed by atoms with Crippen LogP contribution in [0.2, 0.25) is 0 Å². The summed E-state index contributed by atoms with van der Waals surface area (Å²) in [5.74, 6) is 1.04. The van der Waals surface area contributed by atoms with E-state index in [1.807, 2.05) is 0 Å². The average molecular weight is 185 g/mol. The normalized spacial score (nSPS) is 8.31. The number of allylic oxidation sites excluding steroid dienone is 1. The first-order chi connectivity index (χ1) is 6.06. The zero-order valence-corrected chi connectivity index (χ0v) is 6.93. The summed E-state index contributed by atoms with van der Waals surface area (Å²) in [4.78, 5) is 12.6. The number of oxazole rings is 1. The monoisotopic (exact) mass is 185 g/mol. The molecule has 0 unspecified atom stereocenters. The second-order valence-corrected chi connectivity index (χ2v) is 2.00. The maximum absolute atomic E-state index is 8.78. The fourth-order valence-corrected chi connectivity index (χ4v) is 0.542. The Kier molecular flexibility index (Phi) is 4.78. The van der Waals surface area contributed by atoms with Gasteiger partial charge in [-0.3, -0.25) is 0 Å². The van der Waals surface area contributed by atoms with Gasteiger partial charge in [-0.2, -0.15) is 4.98 Å². The van der Waals surface area contributed by atoms with E-state index in [2.05, 4.69) is 17.3 Å². The molecule has 1 heterocycles. The van der Waals surface area contributed by atoms with Crippen molar-refractivity contribution in [2.45, 2.75) is 6.42 Å². The summed E-state index contributed by atoms with van der Waals surface area (Å²) in [6, 6.07) is 0. The summed E-state index contributed by atoms with van der Waals surface area (Å²) in [6.45, 7) is 3.52. The van der Waals surface area contributed by atoms with Gasteiger partial charge in [0.2, 0.25) is 0 Å². The Morgan fingerprint density at radius 3 is 2.69 bits per heavy atom. The molecular formula is C7H11N3O3. The summed E-state index contributed by atoms with van der Waals surface area (Å²) < 4.78 is 4.90. The molecule has 72 valence electrons. The largest absolute Gasteiger partial charge is 0.465 e. The molecule has 6 nitrogen and oxygen atoms in total. The molecule has 0 radical (unpaired) electrons. The van der Waals surface area contributed by atoms with Crippen LogP contribution in [0.4, 0.5) is 10.6 Å². The molecule has 6 heteroatoms. The van der Waals surface area contributed by atoms with E-state index in [9.17, 15) is 0 Å². The zero-order valence-electron chi connectivity index (χ0n) is 6.93. The van der Waals surface area contributed by atoms with Gasteiger partial charge < -0.3 is 21.0 Å². The van der Waals surface area contributed by atoms with Crippen LogP contribution in [0.25, 0.3) is 0 Å². The number of nitrogen functional groups attached to an aromatic ring is 1. The van der Waals surface area contributed by atoms with Gasteiger partial charge in [-0.25, -0.2) is 4.79 Å². The SMILES string of the molecule is C=CCc1nc(N)co1.NC(=O)O. The van der Waals surface area contributed by atoms with E-state index in [1.54, 1.807) is 6.08 Å². The highest BCUT2D eigenvalue weighted by Gasteiger charge is 1.95. The van der Waals surface area contributed by atoms with Crippen LogP contribution < -0.4 is 11.5 Å². The van der Waals surface area contributed by atoms with Gasteiger partial charge >= 0.3 is 6.09 Å². The van der Waals surface area contributed by atoms with Crippen molar-refractivity contribution in [1.29, 1.82) is 0 Å². The smallest absolute Gasteiger partial charge is 0.402 e. The highest BCUT2D eigenvalue weighted by Crippen LogP contribution is 2.02. The Labute approximate surface area is 74.9 Å². The van der Waals surface area contributed by atoms with Gasteiger partial charge in [0.15, 0.2) is 11.7 Å². The number of anilines is 1. The molecule has 0 fully saturated rings. The fraction of sp³-hybridized carbons (Fsp3) is 0.143. The first-order valence-corrected chi connectivity index (χ1v) is 3.35. The zero-order chi connectivity index (χ0) is 10.3. The number of amides is 1. The number of hydrogen-bond acceptors (Lipinski definition) is 4. The third-order valence-electron chi connectivity index (χ3n) is 0.888. The van der Waals surface area contributed by atoms with Crippen LogP contribution in [0.5, 0.6) is 0 Å². The third kappa shape index (κ3) is 6.42. The van der Waals surface area contributed by atoms with E-state index in [0.29, 0.717) is 18.1 Å². The minimum Gasteiger partial charge on any atom is -0.465 e. The number of rotatable bonds is 2. The Balaban J connectivity index is 0.000000310. The van der Waals surface area contributed by atoms with Gasteiger partial charge in [0, 0.05) is 6.42 Å². The molecule has 0 saturated carbocycles. The Morgan fingerprint density at radius 2 is 2.38 bits per heavy atom. The van der Waals surface area contributed by atoms with Crippen molar-refractivity contribution >= 4 is 11.9 Å². The van der Waals surface area contributed by atoms with Gasteiger partial charge in [-0.05, 0) is 0 Å². The second-order valence-electron chi connectivity index (χ2n) is 2.00. The van der Waals surface area contributed by atoms with Crippen molar-refractivity contribution < 1.29 is 14.3 Å². The summed E-state index contributed by atoms with van der Waals surface area (Å²) >= 11 is 0. The minimum atomic E-state index is -1.33. The number of nitrogens with zero attached hydrogens (tertiary/aromatic N) is 1. The van der Waals surface area contributed by atoms with Crippen LogP contribution in [0.15, 0.2) is 23.3 Å². The van der Waals surface area contributed by atoms with Gasteiger partial charge in [0.05, 0.1) is 0 Å². The number of primary amides is 1. The van der Waals surface area contributed by atoms with Crippen LogP contribution in [-0.4, -0.2) is 16.2 Å². The van der Waals surface area contributed by atoms with E-state index in [0.717, 1.165) is 0 Å². The molecule has 0 aliphatic carbocycles. The Morgan fingerprint density at radius 1 is 1.85 bits per heavy atom. The average Bonchev–Trinajstić information content (AvgIpc) is 2.35. The van der Waals surface area contributed by atoms with E-state index in [4.69, 9.17) is 20.1 Å². The van der Waals surface area contributed by atoms with E-state index < -0.39 is 6.09 Å². The van der Waals surface area contributed by atoms with Crippen molar-refractivity contribution in [3.8, 4) is 0 Å². The van der Waals surface area contributed by atoms with Crippen LogP contribution in [0, 0.1) is 0 Å². The lowest BCUT2D eigenvalue weighted by atomic mass is 10.4. The van der Waals surface area contributed by atoms with E-state index in [1.165, 1.54) is 6.26 Å². The van der Waals surface area contributed by atoms with Crippen LogP contribution in [0.1, 0.15) is 5.89 Å². The molecule has 1 aromatic rings. The molecule has 1 rings (SSSR count). The van der Waals surface area contributed by atoms with E-state index >= 15 is 0 Å². The summed E-state index contributed by atoms with van der Waals surface area (Å²) in [6.07, 6.45) is 2.43. The number of carbonyl (C=O) groups is 1. The van der Waals surface area contributed by atoms with Crippen molar-refractivity contribution in [2.75, 3.05) is 5.73 Å². The highest BCUT2D eigenvalue weighted by atomic mass is 16.4. The number of nitrogens with two attached hydrogens (primary N) is 2. The molecular weight excluding hydrogens is 174 g/mol. The first kappa shape index (κ1) is 11.0. The fourth-order valence-electron chi connectivity index (χ4n) is 0.542. The number of hydrogen-bond donors (Lipinski definition) is 3. The van der Waals surface area contributed by atoms with Crippen LogP contribution in [0.3, 0.4) is 0 Å². The quantitative estimate of drug-likeness (QED) is 0.583. The van der Waals surface area contributed by atoms with Crippen LogP contribution in [-0.2, 0) is 6.42 Å². The van der Waals surface area contributed by atoms with Crippen LogP contribution >= 0.6 is 0 Å². The lowest BCUT2D eigenvalue weighted by molar-refractivity contribution is 0.205. The van der Waals surface area contributed by atoms with Gasteiger partial charge in [0.25, 0.3) is 0 Å². The third-order valence-corrected chi connectivity index (χ3v) is 0.888. The van der Waals surface area contributed by atoms with E-state index in [-0.39, 0.29) is 0 Å². The molecule has 13 heavy (non-hydrogen) atoms. The topological polar surface area (TPSA) is 115 Å². The lowest BCUT2D eigenvalue weighted by Gasteiger charge is -1.80. The van der Waals surface area contributed by atoms with Crippen molar-refractivity contribution in [3.63, 3.8) is 0 Å². The highest BCUT2D eigenvalue weighted by molar-refractivity contribution is 5.61. The number of aromatic nitrogens is 1. The van der Waals surface area contributed by atoms with Crippen molar-refractivity contribution in [3.05, 3.63) is 24.8 Å². The van der Waals surface area contributed by atoms with Crippen molar-refractivity contribution in [2.24, 2.45) is 5.73 Å². The molecule has 5 N–H and O–H groups in total. The molecule has 0 spiro atoms. The molecule has 0 aliphatic heterocycles. The van der Waals surface area contributed by atoms with Gasteiger partial charge in [0.1, 0.15) is 6.26 Å². The second kappa shape index (κ2) is 5.64. The predicted molar refractivity (Wildman–Crippen MR) is 47.0 cm³/mol. The first-order valence-electron chi connectivity index (χ1n) is 3.35. The Hall–Kier alpha value is -1.98. The minimum absolute atomic E-state index is 0.423. The maximum atomic E-state index is 8.78. The maximum Gasteiger partial charge on any atom is 0.402 e. The molecule has 0 aliphatic rings. The van der Waals surface area contributed by atoms with Gasteiger partial charge in [-0.1, -0.05) is 6.08 Å². The molecule has 0 aromatic carbocycles.